The van der Waals surface area contributed by atoms with E-state index in [1.807, 2.05) is 0 Å². The van der Waals surface area contributed by atoms with Crippen LogP contribution in [0.3, 0.4) is 0 Å². The molecule has 1 fully saturated rings. The topological polar surface area (TPSA) is 3.24 Å². The fourth-order valence-corrected chi connectivity index (χ4v) is 2.69. The van der Waals surface area contributed by atoms with Crippen molar-refractivity contribution in [3.8, 4) is 0 Å². The van der Waals surface area contributed by atoms with Crippen LogP contribution in [0.15, 0.2) is 12.1 Å². The van der Waals surface area contributed by atoms with E-state index in [1.54, 1.807) is 4.90 Å². The summed E-state index contributed by atoms with van der Waals surface area (Å²) in [5.41, 5.74) is 0.128. The van der Waals surface area contributed by atoms with E-state index < -0.39 is 17.5 Å². The van der Waals surface area contributed by atoms with Gasteiger partial charge in [0.25, 0.3) is 0 Å². The van der Waals surface area contributed by atoms with Crippen molar-refractivity contribution in [2.24, 2.45) is 0 Å². The fraction of sp³-hybridized carbons (Fsp3) is 0.300. The van der Waals surface area contributed by atoms with Crippen LogP contribution < -0.4 is 0 Å². The second kappa shape index (κ2) is 4.63. The molecule has 0 aliphatic carbocycles. The Morgan fingerprint density at radius 2 is 2.00 bits per heavy atom. The highest BCUT2D eigenvalue weighted by Gasteiger charge is 2.21. The van der Waals surface area contributed by atoms with Crippen molar-refractivity contribution in [2.45, 2.75) is 6.54 Å². The second-order valence-electron chi connectivity index (χ2n) is 3.37. The summed E-state index contributed by atoms with van der Waals surface area (Å²) in [6.07, 6.45) is 0. The first-order valence-corrected chi connectivity index (χ1v) is 6.03. The molecule has 1 aromatic carbocycles. The van der Waals surface area contributed by atoms with Crippen LogP contribution in [0.25, 0.3) is 0 Å². The fourth-order valence-electron chi connectivity index (χ4n) is 1.46. The summed E-state index contributed by atoms with van der Waals surface area (Å²) in [6, 6.07) is 2.18. The predicted molar refractivity (Wildman–Crippen MR) is 61.8 cm³/mol. The number of thioether (sulfide) groups is 1. The smallest absolute Gasteiger partial charge is 0.194 e. The van der Waals surface area contributed by atoms with E-state index in [-0.39, 0.29) is 12.1 Å². The number of hydrogen-bond acceptors (Lipinski definition) is 2. The summed E-state index contributed by atoms with van der Waals surface area (Å²) >= 11 is 6.55. The molecule has 1 aliphatic heterocycles. The van der Waals surface area contributed by atoms with Gasteiger partial charge >= 0.3 is 0 Å². The molecule has 2 rings (SSSR count). The molecule has 16 heavy (non-hydrogen) atoms. The maximum Gasteiger partial charge on any atom is 0.194 e. The van der Waals surface area contributed by atoms with Crippen molar-refractivity contribution in [1.82, 2.24) is 4.90 Å². The van der Waals surface area contributed by atoms with Gasteiger partial charge in [0, 0.05) is 24.4 Å². The molecular formula is C10H8F3NS2. The molecule has 86 valence electrons. The van der Waals surface area contributed by atoms with Crippen molar-refractivity contribution in [2.75, 3.05) is 12.3 Å². The molecule has 0 aromatic heterocycles. The maximum atomic E-state index is 13.4. The highest BCUT2D eigenvalue weighted by atomic mass is 32.2. The Morgan fingerprint density at radius 1 is 1.25 bits per heavy atom. The molecule has 0 saturated carbocycles. The number of thiocarbonyl (C=S) groups is 1. The molecule has 1 aromatic rings. The molecule has 0 amide bonds. The van der Waals surface area contributed by atoms with Gasteiger partial charge in [0.05, 0.1) is 0 Å². The van der Waals surface area contributed by atoms with Crippen molar-refractivity contribution < 1.29 is 13.2 Å². The molecule has 0 bridgehead atoms. The Balaban J connectivity index is 2.22. The van der Waals surface area contributed by atoms with Crippen molar-refractivity contribution in [1.29, 1.82) is 0 Å². The van der Waals surface area contributed by atoms with E-state index in [2.05, 4.69) is 0 Å². The summed E-state index contributed by atoms with van der Waals surface area (Å²) in [6.45, 7) is 0.900. The van der Waals surface area contributed by atoms with E-state index in [0.717, 1.165) is 11.8 Å². The lowest BCUT2D eigenvalue weighted by Crippen LogP contribution is -2.23. The molecule has 0 radical (unpaired) electrons. The number of halogens is 3. The minimum Gasteiger partial charge on any atom is -0.352 e. The zero-order chi connectivity index (χ0) is 11.7. The van der Waals surface area contributed by atoms with Crippen LogP contribution >= 0.6 is 24.0 Å². The Kier molecular flexibility index (Phi) is 3.39. The first-order valence-electron chi connectivity index (χ1n) is 4.63. The molecule has 0 N–H and O–H groups in total. The van der Waals surface area contributed by atoms with E-state index in [9.17, 15) is 13.2 Å². The Hall–Kier alpha value is -0.750. The third-order valence-electron chi connectivity index (χ3n) is 2.32. The van der Waals surface area contributed by atoms with Crippen LogP contribution in [-0.2, 0) is 6.54 Å². The van der Waals surface area contributed by atoms with Gasteiger partial charge in [0.15, 0.2) is 17.5 Å². The standard InChI is InChI=1S/C10H8F3NS2/c11-7-2-1-6(8(12)9(7)13)5-14-3-4-16-10(14)15/h1-2H,3-5H2. The quantitative estimate of drug-likeness (QED) is 0.596. The first kappa shape index (κ1) is 11.7. The molecule has 6 heteroatoms. The maximum absolute atomic E-state index is 13.4. The highest BCUT2D eigenvalue weighted by molar-refractivity contribution is 8.23. The Bertz CT molecular complexity index is 436. The summed E-state index contributed by atoms with van der Waals surface area (Å²) in [4.78, 5) is 1.77. The van der Waals surface area contributed by atoms with E-state index in [0.29, 0.717) is 10.9 Å². The normalized spacial score (nSPS) is 15.9. The van der Waals surface area contributed by atoms with Gasteiger partial charge in [-0.3, -0.25) is 0 Å². The van der Waals surface area contributed by atoms with Gasteiger partial charge in [-0.2, -0.15) is 0 Å². The molecule has 0 spiro atoms. The summed E-state index contributed by atoms with van der Waals surface area (Å²) in [7, 11) is 0. The van der Waals surface area contributed by atoms with Crippen LogP contribution in [0.4, 0.5) is 13.2 Å². The van der Waals surface area contributed by atoms with Crippen LogP contribution in [0, 0.1) is 17.5 Å². The lowest BCUT2D eigenvalue weighted by atomic mass is 10.2. The molecular weight excluding hydrogens is 255 g/mol. The Morgan fingerprint density at radius 3 is 2.62 bits per heavy atom. The molecule has 1 saturated heterocycles. The average molecular weight is 263 g/mol. The zero-order valence-corrected chi connectivity index (χ0v) is 9.81. The van der Waals surface area contributed by atoms with Gasteiger partial charge in [-0.05, 0) is 6.07 Å². The van der Waals surface area contributed by atoms with Crippen LogP contribution in [0.2, 0.25) is 0 Å². The van der Waals surface area contributed by atoms with Gasteiger partial charge in [-0.25, -0.2) is 13.2 Å². The zero-order valence-electron chi connectivity index (χ0n) is 8.17. The van der Waals surface area contributed by atoms with Crippen LogP contribution in [0.1, 0.15) is 5.56 Å². The van der Waals surface area contributed by atoms with Crippen molar-refractivity contribution >= 4 is 28.3 Å². The van der Waals surface area contributed by atoms with Gasteiger partial charge in [0.2, 0.25) is 0 Å². The number of hydrogen-bond donors (Lipinski definition) is 0. The molecule has 1 nitrogen and oxygen atoms in total. The minimum atomic E-state index is -1.42. The minimum absolute atomic E-state index is 0.128. The largest absolute Gasteiger partial charge is 0.352 e. The predicted octanol–water partition coefficient (Wildman–Crippen LogP) is 2.94. The second-order valence-corrected chi connectivity index (χ2v) is 5.10. The molecule has 0 atom stereocenters. The lowest BCUT2D eigenvalue weighted by Gasteiger charge is -2.17. The van der Waals surface area contributed by atoms with Crippen LogP contribution in [0.5, 0.6) is 0 Å². The third-order valence-corrected chi connectivity index (χ3v) is 3.82. The first-order chi connectivity index (χ1) is 7.59. The van der Waals surface area contributed by atoms with E-state index >= 15 is 0 Å². The van der Waals surface area contributed by atoms with Crippen molar-refractivity contribution in [3.05, 3.63) is 35.1 Å². The number of nitrogens with zero attached hydrogens (tertiary/aromatic N) is 1. The summed E-state index contributed by atoms with van der Waals surface area (Å²) in [5.74, 6) is -2.86. The Labute approximate surface area is 101 Å². The van der Waals surface area contributed by atoms with Crippen LogP contribution in [-0.4, -0.2) is 21.5 Å². The van der Waals surface area contributed by atoms with E-state index in [1.165, 1.54) is 17.8 Å². The highest BCUT2D eigenvalue weighted by Crippen LogP contribution is 2.22. The van der Waals surface area contributed by atoms with Gasteiger partial charge < -0.3 is 4.90 Å². The number of rotatable bonds is 2. The number of benzene rings is 1. The molecule has 0 unspecified atom stereocenters. The monoisotopic (exact) mass is 263 g/mol. The average Bonchev–Trinajstić information content (AvgIpc) is 2.65. The summed E-state index contributed by atoms with van der Waals surface area (Å²) < 4.78 is 39.7. The van der Waals surface area contributed by atoms with E-state index in [4.69, 9.17) is 12.2 Å². The summed E-state index contributed by atoms with van der Waals surface area (Å²) in [5, 5.41) is 0. The van der Waals surface area contributed by atoms with Gasteiger partial charge in [-0.15, -0.1) is 0 Å². The molecule has 1 heterocycles. The van der Waals surface area contributed by atoms with Gasteiger partial charge in [0.1, 0.15) is 4.32 Å². The lowest BCUT2D eigenvalue weighted by molar-refractivity contribution is 0.412. The SMILES string of the molecule is Fc1ccc(CN2CCSC2=S)c(F)c1F. The molecule has 1 aliphatic rings. The van der Waals surface area contributed by atoms with Gasteiger partial charge in [-0.1, -0.05) is 30.0 Å². The third kappa shape index (κ3) is 2.17. The van der Waals surface area contributed by atoms with Crippen molar-refractivity contribution in [3.63, 3.8) is 0 Å².